The number of ether oxygens (including phenoxy) is 6. The number of aliphatic hydroxyl groups is 4. The largest absolute Gasteiger partial charge is 0.459 e. The van der Waals surface area contributed by atoms with Crippen LogP contribution >= 0.6 is 11.5 Å². The summed E-state index contributed by atoms with van der Waals surface area (Å²) in [5, 5.41) is 55.1. The molecule has 16 unspecified atom stereocenters. The molecule has 0 spiro atoms. The summed E-state index contributed by atoms with van der Waals surface area (Å²) in [7, 11) is 8.88. The summed E-state index contributed by atoms with van der Waals surface area (Å²) in [6, 6.07) is 6.25. The third kappa shape index (κ3) is 14.8. The molecule has 0 radical (unpaired) electrons. The second-order valence-electron chi connectivity index (χ2n) is 23.2. The van der Waals surface area contributed by atoms with E-state index in [2.05, 4.69) is 20.1 Å². The Bertz CT molecular complexity index is 2260. The van der Waals surface area contributed by atoms with Crippen molar-refractivity contribution in [3.63, 3.8) is 0 Å². The highest BCUT2D eigenvalue weighted by molar-refractivity contribution is 7.09. The number of ketones is 1. The molecule has 5 heterocycles. The number of alkyl halides is 1. The number of aliphatic hydroxyl groups excluding tert-OH is 2. The molecule has 4 aliphatic heterocycles. The Hall–Kier alpha value is -3.33. The average Bonchev–Trinajstić information content (AvgIpc) is 4.02. The predicted octanol–water partition coefficient (Wildman–Crippen LogP) is 4.20. The second kappa shape index (κ2) is 26.5. The molecule has 22 heteroatoms. The number of hydrogen-bond acceptors (Lipinski definition) is 21. The van der Waals surface area contributed by atoms with Crippen molar-refractivity contribution in [2.24, 2.45) is 17.8 Å². The molecule has 1 aromatic heterocycles. The van der Waals surface area contributed by atoms with Crippen molar-refractivity contribution in [1.82, 2.24) is 40.0 Å². The van der Waals surface area contributed by atoms with Crippen LogP contribution in [-0.4, -0.2) is 207 Å². The molecule has 436 valence electrons. The van der Waals surface area contributed by atoms with Crippen molar-refractivity contribution in [2.45, 2.75) is 205 Å². The number of hydrogen-bond donors (Lipinski definition) is 6. The number of benzene rings is 1. The Labute approximate surface area is 460 Å². The number of hydrazine groups is 2. The van der Waals surface area contributed by atoms with Gasteiger partial charge in [-0.05, 0) is 118 Å². The molecule has 6 rings (SSSR count). The Morgan fingerprint density at radius 2 is 1.70 bits per heavy atom. The first-order valence-corrected chi connectivity index (χ1v) is 28.2. The molecule has 20 nitrogen and oxygen atoms in total. The number of halogens is 1. The van der Waals surface area contributed by atoms with E-state index in [0.717, 1.165) is 27.7 Å². The first-order chi connectivity index (χ1) is 36.2. The number of nitrogens with zero attached hydrogens (tertiary/aromatic N) is 6. The van der Waals surface area contributed by atoms with Crippen LogP contribution in [0, 0.1) is 17.8 Å². The van der Waals surface area contributed by atoms with Crippen LogP contribution in [0.3, 0.4) is 0 Å². The van der Waals surface area contributed by atoms with E-state index < -0.39 is 115 Å². The van der Waals surface area contributed by atoms with Crippen molar-refractivity contribution in [2.75, 3.05) is 55.1 Å². The lowest BCUT2D eigenvalue weighted by molar-refractivity contribution is -0.305. The lowest BCUT2D eigenvalue weighted by Crippen LogP contribution is -2.60. The zero-order valence-corrected chi connectivity index (χ0v) is 49.0. The highest BCUT2D eigenvalue weighted by Crippen LogP contribution is 2.40. The lowest BCUT2D eigenvalue weighted by Gasteiger charge is -2.48. The van der Waals surface area contributed by atoms with Crippen LogP contribution in [0.15, 0.2) is 36.2 Å². The van der Waals surface area contributed by atoms with Gasteiger partial charge in [-0.25, -0.2) is 9.37 Å². The highest BCUT2D eigenvalue weighted by Gasteiger charge is 2.53. The third-order valence-corrected chi connectivity index (χ3v) is 17.4. The van der Waals surface area contributed by atoms with Gasteiger partial charge in [0.05, 0.1) is 60.2 Å². The summed E-state index contributed by atoms with van der Waals surface area (Å²) >= 11 is 1.34. The van der Waals surface area contributed by atoms with Crippen LogP contribution in [0.25, 0.3) is 10.6 Å². The number of esters is 1. The smallest absolute Gasteiger partial charge is 0.311 e. The molecule has 3 saturated heterocycles. The van der Waals surface area contributed by atoms with Gasteiger partial charge >= 0.3 is 5.97 Å². The molecule has 6 N–H and O–H groups in total. The Kier molecular flexibility index (Phi) is 21.6. The quantitative estimate of drug-likeness (QED) is 0.122. The summed E-state index contributed by atoms with van der Waals surface area (Å²) in [5.74, 6) is -2.54. The second-order valence-corrected chi connectivity index (χ2v) is 23.9. The minimum Gasteiger partial charge on any atom is -0.459 e. The molecule has 3 fully saturated rings. The van der Waals surface area contributed by atoms with Gasteiger partial charge in [0.2, 0.25) is 12.1 Å². The van der Waals surface area contributed by atoms with Crippen molar-refractivity contribution < 1.29 is 62.8 Å². The summed E-state index contributed by atoms with van der Waals surface area (Å²) in [6.45, 7) is 18.2. The summed E-state index contributed by atoms with van der Waals surface area (Å²) < 4.78 is 57.4. The maximum Gasteiger partial charge on any atom is 0.311 e. The van der Waals surface area contributed by atoms with Gasteiger partial charge in [0.15, 0.2) is 12.1 Å². The summed E-state index contributed by atoms with van der Waals surface area (Å²) in [5.41, 5.74) is 1.50. The van der Waals surface area contributed by atoms with Crippen LogP contribution in [0.4, 0.5) is 4.39 Å². The van der Waals surface area contributed by atoms with E-state index in [1.165, 1.54) is 25.6 Å². The van der Waals surface area contributed by atoms with Gasteiger partial charge in [-0.1, -0.05) is 45.0 Å². The SMILES string of the molecule is CC[C@@H]1OC(=O)C(C)C(OC2CC(C)(OC)C(O)C(C)O2)C(C)C(OC2OC(C)CC(N(C)CCC3=CN(C(CF)Cc4ccc(-c5nc(CNC)ns5)cc4)N(C)N3)C2=O)[C@@](C)(O)CC(C)CN(C)C(C)C(O)C1(C)O. The van der Waals surface area contributed by atoms with Crippen molar-refractivity contribution >= 4 is 23.3 Å². The van der Waals surface area contributed by atoms with Gasteiger partial charge < -0.3 is 64.5 Å². The molecule has 2 aromatic rings. The molecule has 0 bridgehead atoms. The van der Waals surface area contributed by atoms with Gasteiger partial charge in [-0.3, -0.25) is 19.5 Å². The fourth-order valence-electron chi connectivity index (χ4n) is 11.8. The monoisotopic (exact) mass is 1110 g/mol. The van der Waals surface area contributed by atoms with E-state index in [1.54, 1.807) is 53.6 Å². The Morgan fingerprint density at radius 3 is 2.34 bits per heavy atom. The third-order valence-electron chi connectivity index (χ3n) is 16.6. The minimum atomic E-state index is -1.86. The van der Waals surface area contributed by atoms with Gasteiger partial charge in [0, 0.05) is 69.5 Å². The summed E-state index contributed by atoms with van der Waals surface area (Å²) in [4.78, 5) is 37.8. The van der Waals surface area contributed by atoms with Gasteiger partial charge in [0.1, 0.15) is 35.6 Å². The minimum absolute atomic E-state index is 0.0781. The summed E-state index contributed by atoms with van der Waals surface area (Å²) in [6.07, 6.45) is -5.74. The zero-order chi connectivity index (χ0) is 56.9. The molecule has 0 saturated carbocycles. The van der Waals surface area contributed by atoms with Crippen LogP contribution in [0.1, 0.15) is 113 Å². The lowest BCUT2D eigenvalue weighted by atomic mass is 9.77. The molecule has 4 aliphatic rings. The molecule has 77 heavy (non-hydrogen) atoms. The molecule has 0 amide bonds. The number of methoxy groups -OCH3 is 1. The first-order valence-electron chi connectivity index (χ1n) is 27.4. The number of Topliss-reactive ketones (excluding diaryl/α,β-unsaturated/α-hetero) is 1. The molecule has 1 aromatic carbocycles. The number of likely N-dealkylation sites (N-methyl/N-ethyl adjacent to an activating group) is 2. The number of rotatable bonds is 17. The van der Waals surface area contributed by atoms with E-state index in [1.807, 2.05) is 87.3 Å². The Balaban J connectivity index is 1.23. The van der Waals surface area contributed by atoms with Crippen molar-refractivity contribution in [3.8, 4) is 10.6 Å². The number of carbonyl (C=O) groups is 2. The van der Waals surface area contributed by atoms with Crippen molar-refractivity contribution in [1.29, 1.82) is 0 Å². The first kappa shape index (κ1) is 62.9. The standard InChI is InChI=1S/C55H91FN8O12S/c1-16-42-55(10,70)47(66)35(6)62(13)29-31(2)25-53(8,69)49(33(4)46(34(5)51(68)74-42)75-44-26-54(9,71-15)48(67)36(7)73-44)76-52-45(65)41(23-32(3)72-52)61(12)22-21-39-30-64(63(14)59-39)40(27-56)24-37-17-19-38(20-18-37)50-58-43(28-57-11)60-77-50/h17-20,30-36,40-42,44,46-49,52,57,59,66-67,69-70H,16,21-29H2,1-15H3/t31?,32?,33?,34?,35?,36?,40?,41?,42-,44?,46?,47?,48?,49?,52?,53-,54?,55?/m0/s1. The van der Waals surface area contributed by atoms with Gasteiger partial charge in [-0.2, -0.15) is 4.37 Å². The molecular formula is C55H91FN8O12S. The molecule has 0 aliphatic carbocycles. The zero-order valence-electron chi connectivity index (χ0n) is 48.1. The number of cyclic esters (lactones) is 1. The van der Waals surface area contributed by atoms with E-state index in [9.17, 15) is 34.4 Å². The number of aromatic nitrogens is 2. The fraction of sp³-hybridized carbons (Fsp3) is 0.782. The van der Waals surface area contributed by atoms with Crippen LogP contribution in [-0.2, 0) is 51.0 Å². The maximum absolute atomic E-state index is 14.8. The van der Waals surface area contributed by atoms with Crippen molar-refractivity contribution in [3.05, 3.63) is 47.6 Å². The number of nitrogens with one attached hydrogen (secondary N) is 2. The van der Waals surface area contributed by atoms with Gasteiger partial charge in [0.25, 0.3) is 0 Å². The Morgan fingerprint density at radius 1 is 1.01 bits per heavy atom. The molecule has 18 atom stereocenters. The molecular weight excluding hydrogens is 1020 g/mol. The van der Waals surface area contributed by atoms with E-state index in [4.69, 9.17) is 28.4 Å². The van der Waals surface area contributed by atoms with Crippen LogP contribution in [0.2, 0.25) is 0 Å². The maximum atomic E-state index is 14.8. The normalized spacial score (nSPS) is 38.0. The van der Waals surface area contributed by atoms with Crippen LogP contribution < -0.4 is 10.7 Å². The number of carbonyl (C=O) groups excluding carboxylic acids is 2. The highest BCUT2D eigenvalue weighted by atomic mass is 32.1. The van der Waals surface area contributed by atoms with E-state index in [0.29, 0.717) is 38.9 Å². The van der Waals surface area contributed by atoms with E-state index in [-0.39, 0.29) is 31.0 Å². The fourth-order valence-corrected chi connectivity index (χ4v) is 12.5. The predicted molar refractivity (Wildman–Crippen MR) is 289 cm³/mol. The van der Waals surface area contributed by atoms with Gasteiger partial charge in [-0.15, -0.1) is 5.12 Å². The van der Waals surface area contributed by atoms with Crippen LogP contribution in [0.5, 0.6) is 0 Å². The topological polar surface area (TPSA) is 233 Å². The van der Waals surface area contributed by atoms with E-state index >= 15 is 0 Å². The average molecular weight is 1110 g/mol.